The van der Waals surface area contributed by atoms with Crippen molar-refractivity contribution in [2.75, 3.05) is 37.7 Å². The fourth-order valence-electron chi connectivity index (χ4n) is 2.95. The Morgan fingerprint density at radius 3 is 2.30 bits per heavy atom. The summed E-state index contributed by atoms with van der Waals surface area (Å²) in [6.45, 7) is 2.49. The highest BCUT2D eigenvalue weighted by Crippen LogP contribution is 2.23. The van der Waals surface area contributed by atoms with Crippen LogP contribution in [-0.2, 0) is 20.7 Å². The number of anilines is 1. The number of nitrogens with zero attached hydrogens (tertiary/aromatic N) is 2. The van der Waals surface area contributed by atoms with E-state index in [0.717, 1.165) is 18.8 Å². The topological polar surface area (TPSA) is 49.9 Å². The predicted molar refractivity (Wildman–Crippen MR) is 106 cm³/mol. The lowest BCUT2D eigenvalue weighted by atomic mass is 10.1. The first kappa shape index (κ1) is 19.5. The Balaban J connectivity index is 1.43. The Morgan fingerprint density at radius 2 is 1.63 bits per heavy atom. The van der Waals surface area contributed by atoms with Crippen LogP contribution < -0.4 is 4.90 Å². The van der Waals surface area contributed by atoms with Gasteiger partial charge in [-0.2, -0.15) is 0 Å². The molecule has 0 aliphatic carbocycles. The van der Waals surface area contributed by atoms with Crippen LogP contribution in [-0.4, -0.2) is 49.6 Å². The fourth-order valence-corrected chi connectivity index (χ4v) is 3.27. The molecule has 27 heavy (non-hydrogen) atoms. The maximum absolute atomic E-state index is 12.3. The molecule has 0 radical (unpaired) electrons. The Labute approximate surface area is 168 Å². The third-order valence-corrected chi connectivity index (χ3v) is 5.18. The average Bonchev–Trinajstić information content (AvgIpc) is 2.70. The number of halogens is 2. The van der Waals surface area contributed by atoms with Gasteiger partial charge in [-0.25, -0.2) is 0 Å². The quantitative estimate of drug-likeness (QED) is 0.713. The first-order valence-electron chi connectivity index (χ1n) is 8.70. The molecule has 7 heteroatoms. The minimum absolute atomic E-state index is 0.0476. The van der Waals surface area contributed by atoms with Crippen LogP contribution in [0.3, 0.4) is 0 Å². The van der Waals surface area contributed by atoms with E-state index in [1.165, 1.54) is 0 Å². The number of hydrogen-bond donors (Lipinski definition) is 0. The van der Waals surface area contributed by atoms with Crippen LogP contribution in [0.2, 0.25) is 10.0 Å². The molecule has 1 heterocycles. The van der Waals surface area contributed by atoms with Gasteiger partial charge < -0.3 is 14.5 Å². The first-order valence-corrected chi connectivity index (χ1v) is 9.46. The molecule has 0 spiro atoms. The van der Waals surface area contributed by atoms with Crippen molar-refractivity contribution in [2.24, 2.45) is 0 Å². The molecule has 2 aromatic rings. The van der Waals surface area contributed by atoms with Gasteiger partial charge in [0.15, 0.2) is 6.61 Å². The van der Waals surface area contributed by atoms with Gasteiger partial charge in [0.05, 0.1) is 16.5 Å². The third kappa shape index (κ3) is 5.37. The number of amides is 1. The second-order valence-electron chi connectivity index (χ2n) is 6.29. The second-order valence-corrected chi connectivity index (χ2v) is 7.10. The van der Waals surface area contributed by atoms with Gasteiger partial charge in [-0.3, -0.25) is 9.59 Å². The normalized spacial score (nSPS) is 14.1. The van der Waals surface area contributed by atoms with Crippen LogP contribution in [0, 0.1) is 0 Å². The van der Waals surface area contributed by atoms with Gasteiger partial charge in [0.2, 0.25) is 0 Å². The minimum Gasteiger partial charge on any atom is -0.455 e. The molecule has 1 fully saturated rings. The summed E-state index contributed by atoms with van der Waals surface area (Å²) in [7, 11) is 0. The number of carbonyl (C=O) groups is 2. The summed E-state index contributed by atoms with van der Waals surface area (Å²) in [6, 6.07) is 15.1. The van der Waals surface area contributed by atoms with Crippen molar-refractivity contribution in [3.05, 3.63) is 64.1 Å². The van der Waals surface area contributed by atoms with E-state index >= 15 is 0 Å². The van der Waals surface area contributed by atoms with Crippen molar-refractivity contribution >= 4 is 40.8 Å². The first-order chi connectivity index (χ1) is 13.0. The molecular weight excluding hydrogens is 387 g/mol. The largest absolute Gasteiger partial charge is 0.455 e. The van der Waals surface area contributed by atoms with E-state index in [-0.39, 0.29) is 18.9 Å². The van der Waals surface area contributed by atoms with Crippen molar-refractivity contribution in [1.82, 2.24) is 4.90 Å². The SMILES string of the molecule is O=C(Cc1ccc(Cl)c(Cl)c1)OCC(=O)N1CCN(c2ccccc2)CC1. The van der Waals surface area contributed by atoms with Crippen LogP contribution in [0.1, 0.15) is 5.56 Å². The number of piperazine rings is 1. The van der Waals surface area contributed by atoms with E-state index in [9.17, 15) is 9.59 Å². The van der Waals surface area contributed by atoms with Crippen LogP contribution in [0.15, 0.2) is 48.5 Å². The van der Waals surface area contributed by atoms with Gasteiger partial charge in [-0.05, 0) is 29.8 Å². The second kappa shape index (κ2) is 9.11. The van der Waals surface area contributed by atoms with Crippen molar-refractivity contribution in [2.45, 2.75) is 6.42 Å². The monoisotopic (exact) mass is 406 g/mol. The van der Waals surface area contributed by atoms with Gasteiger partial charge >= 0.3 is 5.97 Å². The summed E-state index contributed by atoms with van der Waals surface area (Å²) in [5, 5.41) is 0.813. The summed E-state index contributed by atoms with van der Waals surface area (Å²) < 4.78 is 5.12. The Kier molecular flexibility index (Phi) is 6.58. The Bertz CT molecular complexity index is 806. The zero-order chi connectivity index (χ0) is 19.2. The zero-order valence-corrected chi connectivity index (χ0v) is 16.2. The van der Waals surface area contributed by atoms with E-state index < -0.39 is 5.97 Å². The van der Waals surface area contributed by atoms with Crippen LogP contribution in [0.4, 0.5) is 5.69 Å². The van der Waals surface area contributed by atoms with Gasteiger partial charge in [-0.1, -0.05) is 47.5 Å². The number of benzene rings is 2. The van der Waals surface area contributed by atoms with Crippen LogP contribution >= 0.6 is 23.2 Å². The number of hydrogen-bond acceptors (Lipinski definition) is 4. The van der Waals surface area contributed by atoms with E-state index in [4.69, 9.17) is 27.9 Å². The van der Waals surface area contributed by atoms with Crippen LogP contribution in [0.5, 0.6) is 0 Å². The predicted octanol–water partition coefficient (Wildman–Crippen LogP) is 3.43. The van der Waals surface area contributed by atoms with Crippen molar-refractivity contribution in [3.8, 4) is 0 Å². The lowest BCUT2D eigenvalue weighted by Crippen LogP contribution is -2.49. The van der Waals surface area contributed by atoms with E-state index in [1.807, 2.05) is 18.2 Å². The highest BCUT2D eigenvalue weighted by molar-refractivity contribution is 6.42. The number of para-hydroxylation sites is 1. The number of esters is 1. The van der Waals surface area contributed by atoms with Crippen LogP contribution in [0.25, 0.3) is 0 Å². The molecule has 1 aliphatic rings. The molecule has 142 valence electrons. The molecule has 1 aliphatic heterocycles. The smallest absolute Gasteiger partial charge is 0.310 e. The van der Waals surface area contributed by atoms with E-state index in [1.54, 1.807) is 23.1 Å². The summed E-state index contributed by atoms with van der Waals surface area (Å²) >= 11 is 11.8. The molecule has 0 bridgehead atoms. The van der Waals surface area contributed by atoms with E-state index in [0.29, 0.717) is 28.7 Å². The summed E-state index contributed by atoms with van der Waals surface area (Å²) in [4.78, 5) is 28.2. The molecule has 0 aromatic heterocycles. The highest BCUT2D eigenvalue weighted by atomic mass is 35.5. The molecule has 3 rings (SSSR count). The summed E-state index contributed by atoms with van der Waals surface area (Å²) in [5.41, 5.74) is 1.84. The third-order valence-electron chi connectivity index (χ3n) is 4.44. The lowest BCUT2D eigenvalue weighted by Gasteiger charge is -2.36. The summed E-state index contributed by atoms with van der Waals surface area (Å²) in [5.74, 6) is -0.644. The average molecular weight is 407 g/mol. The Morgan fingerprint density at radius 1 is 0.926 bits per heavy atom. The minimum atomic E-state index is -0.468. The maximum atomic E-state index is 12.3. The van der Waals surface area contributed by atoms with Crippen molar-refractivity contribution in [3.63, 3.8) is 0 Å². The Hall–Kier alpha value is -2.24. The lowest BCUT2D eigenvalue weighted by molar-refractivity contribution is -0.151. The molecule has 1 saturated heterocycles. The molecule has 0 atom stereocenters. The molecule has 2 aromatic carbocycles. The number of rotatable bonds is 5. The zero-order valence-electron chi connectivity index (χ0n) is 14.7. The molecule has 0 saturated carbocycles. The molecule has 1 amide bonds. The van der Waals surface area contributed by atoms with Gasteiger partial charge in [0, 0.05) is 31.9 Å². The number of ether oxygens (including phenoxy) is 1. The number of carbonyl (C=O) groups excluding carboxylic acids is 2. The highest BCUT2D eigenvalue weighted by Gasteiger charge is 2.22. The standard InChI is InChI=1S/C20H20Cl2N2O3/c21-17-7-6-15(12-18(17)22)13-20(26)27-14-19(25)24-10-8-23(9-11-24)16-4-2-1-3-5-16/h1-7,12H,8-11,13-14H2. The van der Waals surface area contributed by atoms with Gasteiger partial charge in [-0.15, -0.1) is 0 Å². The van der Waals surface area contributed by atoms with Crippen molar-refractivity contribution in [1.29, 1.82) is 0 Å². The molecule has 0 N–H and O–H groups in total. The van der Waals surface area contributed by atoms with Gasteiger partial charge in [0.1, 0.15) is 0 Å². The van der Waals surface area contributed by atoms with E-state index in [2.05, 4.69) is 17.0 Å². The fraction of sp³-hybridized carbons (Fsp3) is 0.300. The molecule has 0 unspecified atom stereocenters. The maximum Gasteiger partial charge on any atom is 0.310 e. The summed E-state index contributed by atoms with van der Waals surface area (Å²) in [6.07, 6.45) is 0.0476. The molecule has 5 nitrogen and oxygen atoms in total. The van der Waals surface area contributed by atoms with Gasteiger partial charge in [0.25, 0.3) is 5.91 Å². The molecular formula is C20H20Cl2N2O3. The van der Waals surface area contributed by atoms with Crippen molar-refractivity contribution < 1.29 is 14.3 Å².